The third-order valence-corrected chi connectivity index (χ3v) is 5.36. The average Bonchev–Trinajstić information content (AvgIpc) is 2.88. The number of carbonyl (C=O) groups is 1. The molecule has 0 spiro atoms. The molecule has 3 aromatic carbocycles. The Morgan fingerprint density at radius 3 is 2.09 bits per heavy atom. The normalized spacial score (nSPS) is 12.6. The summed E-state index contributed by atoms with van der Waals surface area (Å²) in [7, 11) is 1.54. The molecule has 0 saturated carbocycles. The Balaban J connectivity index is 1.65. The van der Waals surface area contributed by atoms with Crippen LogP contribution in [0, 0.1) is 0 Å². The predicted octanol–water partition coefficient (Wildman–Crippen LogP) is 4.96. The van der Waals surface area contributed by atoms with Gasteiger partial charge in [-0.1, -0.05) is 66.7 Å². The van der Waals surface area contributed by atoms with Crippen LogP contribution in [-0.4, -0.2) is 23.1 Å². The van der Waals surface area contributed by atoms with E-state index in [-0.39, 0.29) is 5.91 Å². The number of amides is 1. The Labute approximate surface area is 187 Å². The van der Waals surface area contributed by atoms with Gasteiger partial charge in [0.2, 0.25) is 0 Å². The number of hydrogen-bond acceptors (Lipinski definition) is 4. The molecule has 160 valence electrons. The number of methoxy groups -OCH3 is 1. The van der Waals surface area contributed by atoms with E-state index in [1.54, 1.807) is 18.5 Å². The van der Waals surface area contributed by atoms with Crippen molar-refractivity contribution in [3.05, 3.63) is 120 Å². The molecule has 2 atom stereocenters. The van der Waals surface area contributed by atoms with Gasteiger partial charge in [0.15, 0.2) is 0 Å². The van der Waals surface area contributed by atoms with Gasteiger partial charge in [-0.3, -0.25) is 9.78 Å². The topological polar surface area (TPSA) is 71.5 Å². The van der Waals surface area contributed by atoms with E-state index in [1.807, 2.05) is 84.9 Å². The lowest BCUT2D eigenvalue weighted by molar-refractivity contribution is 0.0828. The predicted molar refractivity (Wildman–Crippen MR) is 124 cm³/mol. The van der Waals surface area contributed by atoms with Crippen LogP contribution < -0.4 is 10.1 Å². The first-order valence-corrected chi connectivity index (χ1v) is 10.3. The number of nitrogens with zero attached hydrogens (tertiary/aromatic N) is 1. The van der Waals surface area contributed by atoms with Gasteiger partial charge >= 0.3 is 0 Å². The summed E-state index contributed by atoms with van der Waals surface area (Å²) in [6.45, 7) is 0. The summed E-state index contributed by atoms with van der Waals surface area (Å²) in [5.41, 5.74) is 3.83. The van der Waals surface area contributed by atoms with Gasteiger partial charge in [-0.15, -0.1) is 0 Å². The van der Waals surface area contributed by atoms with Gasteiger partial charge in [0.1, 0.15) is 11.9 Å². The lowest BCUT2D eigenvalue weighted by atomic mass is 9.95. The van der Waals surface area contributed by atoms with E-state index in [0.717, 1.165) is 22.3 Å². The van der Waals surface area contributed by atoms with E-state index in [2.05, 4.69) is 10.3 Å². The van der Waals surface area contributed by atoms with Gasteiger partial charge in [-0.2, -0.15) is 0 Å². The van der Waals surface area contributed by atoms with Crippen LogP contribution >= 0.6 is 0 Å². The van der Waals surface area contributed by atoms with Gasteiger partial charge in [-0.25, -0.2) is 0 Å². The molecule has 0 bridgehead atoms. The molecule has 0 aliphatic carbocycles. The van der Waals surface area contributed by atoms with Crippen molar-refractivity contribution in [2.24, 2.45) is 0 Å². The molecule has 5 heteroatoms. The lowest BCUT2D eigenvalue weighted by Crippen LogP contribution is -2.33. The molecule has 0 radical (unpaired) electrons. The summed E-state index contributed by atoms with van der Waals surface area (Å²) in [5, 5.41) is 14.1. The fourth-order valence-electron chi connectivity index (χ4n) is 3.67. The summed E-state index contributed by atoms with van der Waals surface area (Å²) in [6, 6.07) is 27.4. The summed E-state index contributed by atoms with van der Waals surface area (Å²) in [5.74, 6) is 0.129. The minimum atomic E-state index is -0.912. The van der Waals surface area contributed by atoms with Crippen molar-refractivity contribution >= 4 is 5.91 Å². The largest absolute Gasteiger partial charge is 0.496 e. The second-order valence-electron chi connectivity index (χ2n) is 7.37. The molecule has 0 unspecified atom stereocenters. The zero-order chi connectivity index (χ0) is 22.3. The van der Waals surface area contributed by atoms with Crippen molar-refractivity contribution in [2.75, 3.05) is 7.11 Å². The first-order valence-electron chi connectivity index (χ1n) is 10.3. The minimum absolute atomic E-state index is 0.327. The molecule has 0 aliphatic heterocycles. The Bertz CT molecular complexity index is 1170. The monoisotopic (exact) mass is 424 g/mol. The van der Waals surface area contributed by atoms with Crippen LogP contribution in [0.25, 0.3) is 11.1 Å². The zero-order valence-corrected chi connectivity index (χ0v) is 17.7. The number of nitrogens with one attached hydrogen (secondary N) is 1. The van der Waals surface area contributed by atoms with E-state index in [4.69, 9.17) is 4.74 Å². The first kappa shape index (κ1) is 21.3. The quantitative estimate of drug-likeness (QED) is 0.440. The number of rotatable bonds is 7. The van der Waals surface area contributed by atoms with E-state index < -0.39 is 12.1 Å². The molecule has 1 heterocycles. The fourth-order valence-corrected chi connectivity index (χ4v) is 3.67. The molecular formula is C27H24N2O3. The van der Waals surface area contributed by atoms with Crippen LogP contribution in [0.15, 0.2) is 103 Å². The highest BCUT2D eigenvalue weighted by atomic mass is 16.5. The number of hydrogen-bond donors (Lipinski definition) is 2. The molecule has 1 aromatic heterocycles. The smallest absolute Gasteiger partial charge is 0.255 e. The fraction of sp³-hybridized carbons (Fsp3) is 0.111. The first-order chi connectivity index (χ1) is 15.7. The molecule has 2 N–H and O–H groups in total. The molecule has 4 aromatic rings. The summed E-state index contributed by atoms with van der Waals surface area (Å²) in [4.78, 5) is 17.3. The van der Waals surface area contributed by atoms with Crippen LogP contribution in [0.2, 0.25) is 0 Å². The molecule has 0 saturated heterocycles. The van der Waals surface area contributed by atoms with Crippen LogP contribution in [0.5, 0.6) is 5.75 Å². The van der Waals surface area contributed by atoms with Crippen molar-refractivity contribution < 1.29 is 14.6 Å². The number of ether oxygens (including phenoxy) is 1. The number of aliphatic hydroxyl groups is 1. The maximum Gasteiger partial charge on any atom is 0.255 e. The van der Waals surface area contributed by atoms with Crippen LogP contribution in [-0.2, 0) is 0 Å². The second kappa shape index (κ2) is 9.90. The van der Waals surface area contributed by atoms with E-state index in [9.17, 15) is 9.90 Å². The van der Waals surface area contributed by atoms with E-state index >= 15 is 0 Å². The highest BCUT2D eigenvalue weighted by Gasteiger charge is 2.26. The molecule has 1 amide bonds. The highest BCUT2D eigenvalue weighted by molar-refractivity contribution is 5.98. The Morgan fingerprint density at radius 1 is 0.844 bits per heavy atom. The van der Waals surface area contributed by atoms with Gasteiger partial charge < -0.3 is 15.2 Å². The number of aliphatic hydroxyl groups excluding tert-OH is 1. The number of pyridine rings is 1. The summed E-state index contributed by atoms with van der Waals surface area (Å²) >= 11 is 0. The molecule has 5 nitrogen and oxygen atoms in total. The number of aromatic nitrogens is 1. The average molecular weight is 425 g/mol. The maximum absolute atomic E-state index is 13.3. The number of carbonyl (C=O) groups excluding carboxylic acids is 1. The third-order valence-electron chi connectivity index (χ3n) is 5.36. The molecule has 0 fully saturated rings. The second-order valence-corrected chi connectivity index (χ2v) is 7.37. The lowest BCUT2D eigenvalue weighted by Gasteiger charge is -2.25. The van der Waals surface area contributed by atoms with Crippen LogP contribution in [0.3, 0.4) is 0 Å². The minimum Gasteiger partial charge on any atom is -0.496 e. The Hall–Kier alpha value is -3.96. The van der Waals surface area contributed by atoms with Crippen molar-refractivity contribution in [2.45, 2.75) is 12.1 Å². The maximum atomic E-state index is 13.3. The Morgan fingerprint density at radius 2 is 1.47 bits per heavy atom. The van der Waals surface area contributed by atoms with Crippen molar-refractivity contribution in [1.29, 1.82) is 0 Å². The summed E-state index contributed by atoms with van der Waals surface area (Å²) in [6.07, 6.45) is 2.53. The van der Waals surface area contributed by atoms with Crippen LogP contribution in [0.4, 0.5) is 0 Å². The SMILES string of the molecule is COc1cc(-c2ccncc2)ccc1C(=O)N[C@@H](c1ccccc1)[C@@H](O)c1ccccc1. The molecular weight excluding hydrogens is 400 g/mol. The van der Waals surface area contributed by atoms with Gasteiger partial charge in [0.05, 0.1) is 18.7 Å². The van der Waals surface area contributed by atoms with Gasteiger partial charge in [0, 0.05) is 12.4 Å². The van der Waals surface area contributed by atoms with Crippen LogP contribution in [0.1, 0.15) is 33.6 Å². The highest BCUT2D eigenvalue weighted by Crippen LogP contribution is 2.31. The molecule has 0 aliphatic rings. The number of benzene rings is 3. The van der Waals surface area contributed by atoms with Crippen molar-refractivity contribution in [3.8, 4) is 16.9 Å². The van der Waals surface area contributed by atoms with Gasteiger partial charge in [0.25, 0.3) is 5.91 Å². The van der Waals surface area contributed by atoms with E-state index in [0.29, 0.717) is 11.3 Å². The summed E-state index contributed by atoms with van der Waals surface area (Å²) < 4.78 is 5.52. The van der Waals surface area contributed by atoms with Gasteiger partial charge in [-0.05, 0) is 46.5 Å². The zero-order valence-electron chi connectivity index (χ0n) is 17.7. The molecule has 32 heavy (non-hydrogen) atoms. The van der Waals surface area contributed by atoms with E-state index in [1.165, 1.54) is 7.11 Å². The third kappa shape index (κ3) is 4.68. The Kier molecular flexibility index (Phi) is 6.58. The standard InChI is InChI=1S/C27H24N2O3/c1-32-24-18-22(19-14-16-28-17-15-19)12-13-23(24)27(31)29-25(20-8-4-2-5-9-20)26(30)21-10-6-3-7-11-21/h2-18,25-26,30H,1H3,(H,29,31)/t25-,26-/m0/s1. The molecule has 4 rings (SSSR count). The van der Waals surface area contributed by atoms with Crippen molar-refractivity contribution in [3.63, 3.8) is 0 Å². The van der Waals surface area contributed by atoms with Crippen molar-refractivity contribution in [1.82, 2.24) is 10.3 Å².